The van der Waals surface area contributed by atoms with Crippen LogP contribution in [-0.2, 0) is 0 Å². The highest BCUT2D eigenvalue weighted by atomic mass is 35.5. The Labute approximate surface area is 118 Å². The molecule has 0 fully saturated rings. The molecule has 0 saturated carbocycles. The molecule has 0 aliphatic carbocycles. The highest BCUT2D eigenvalue weighted by Crippen LogP contribution is 2.30. The van der Waals surface area contributed by atoms with E-state index >= 15 is 0 Å². The summed E-state index contributed by atoms with van der Waals surface area (Å²) >= 11 is 11.6. The summed E-state index contributed by atoms with van der Waals surface area (Å²) < 4.78 is 27.1. The third-order valence-corrected chi connectivity index (χ3v) is 3.05. The van der Waals surface area contributed by atoms with Gasteiger partial charge in [0.25, 0.3) is 0 Å². The second-order valence-electron chi connectivity index (χ2n) is 3.89. The van der Waals surface area contributed by atoms with E-state index in [-0.39, 0.29) is 32.9 Å². The fraction of sp³-hybridized carbons (Fsp3) is 0.0833. The molecule has 2 rings (SSSR count). The Kier molecular flexibility index (Phi) is 3.78. The molecule has 3 nitrogen and oxygen atoms in total. The van der Waals surface area contributed by atoms with Crippen molar-refractivity contribution in [3.63, 3.8) is 0 Å². The van der Waals surface area contributed by atoms with Crippen LogP contribution in [0.5, 0.6) is 0 Å². The van der Waals surface area contributed by atoms with E-state index in [0.29, 0.717) is 0 Å². The summed E-state index contributed by atoms with van der Waals surface area (Å²) in [5, 5.41) is 2.92. The maximum absolute atomic E-state index is 13.7. The number of hydrogen-bond donors (Lipinski definition) is 2. The maximum Gasteiger partial charge on any atom is 0.151 e. The van der Waals surface area contributed by atoms with E-state index in [1.165, 1.54) is 13.0 Å². The van der Waals surface area contributed by atoms with Crippen LogP contribution in [-0.4, -0.2) is 4.98 Å². The van der Waals surface area contributed by atoms with Crippen LogP contribution < -0.4 is 11.1 Å². The van der Waals surface area contributed by atoms with Gasteiger partial charge in [-0.2, -0.15) is 0 Å². The van der Waals surface area contributed by atoms with Crippen LogP contribution in [0.1, 0.15) is 5.56 Å². The first kappa shape index (κ1) is 13.8. The van der Waals surface area contributed by atoms with Crippen LogP contribution in [0.2, 0.25) is 10.0 Å². The Hall–Kier alpha value is -1.59. The Morgan fingerprint density at radius 3 is 2.47 bits per heavy atom. The topological polar surface area (TPSA) is 50.9 Å². The zero-order valence-electron chi connectivity index (χ0n) is 9.77. The minimum Gasteiger partial charge on any atom is -0.382 e. The van der Waals surface area contributed by atoms with E-state index in [0.717, 1.165) is 12.1 Å². The van der Waals surface area contributed by atoms with Crippen LogP contribution in [0.4, 0.5) is 26.1 Å². The van der Waals surface area contributed by atoms with Crippen LogP contribution in [0.3, 0.4) is 0 Å². The Morgan fingerprint density at radius 1 is 1.11 bits per heavy atom. The fourth-order valence-corrected chi connectivity index (χ4v) is 1.84. The molecule has 0 atom stereocenters. The quantitative estimate of drug-likeness (QED) is 0.869. The SMILES string of the molecule is Cc1cc(F)c(Nc2nc(N)c(Cl)cc2Cl)cc1F. The zero-order valence-corrected chi connectivity index (χ0v) is 11.3. The smallest absolute Gasteiger partial charge is 0.151 e. The molecule has 1 aromatic carbocycles. The van der Waals surface area contributed by atoms with Crippen molar-refractivity contribution in [2.75, 3.05) is 11.1 Å². The first-order chi connectivity index (χ1) is 8.88. The lowest BCUT2D eigenvalue weighted by molar-refractivity contribution is 0.595. The number of nitrogens with one attached hydrogen (secondary N) is 1. The summed E-state index contributed by atoms with van der Waals surface area (Å²) in [4.78, 5) is 3.87. The second-order valence-corrected chi connectivity index (χ2v) is 4.71. The first-order valence-corrected chi connectivity index (χ1v) is 5.98. The number of nitrogens with zero attached hydrogens (tertiary/aromatic N) is 1. The highest BCUT2D eigenvalue weighted by Gasteiger charge is 2.12. The van der Waals surface area contributed by atoms with Crippen LogP contribution >= 0.6 is 23.2 Å². The lowest BCUT2D eigenvalue weighted by Crippen LogP contribution is -2.01. The summed E-state index contributed by atoms with van der Waals surface area (Å²) in [5.41, 5.74) is 5.65. The zero-order chi connectivity index (χ0) is 14.2. The second kappa shape index (κ2) is 5.19. The number of benzene rings is 1. The number of aryl methyl sites for hydroxylation is 1. The molecule has 0 unspecified atom stereocenters. The van der Waals surface area contributed by atoms with Crippen molar-refractivity contribution in [2.45, 2.75) is 6.92 Å². The predicted molar refractivity (Wildman–Crippen MR) is 73.0 cm³/mol. The molecule has 7 heteroatoms. The van der Waals surface area contributed by atoms with Gasteiger partial charge >= 0.3 is 0 Å². The van der Waals surface area contributed by atoms with Gasteiger partial charge in [0, 0.05) is 6.07 Å². The van der Waals surface area contributed by atoms with Gasteiger partial charge in [-0.15, -0.1) is 0 Å². The van der Waals surface area contributed by atoms with Crippen molar-refractivity contribution in [3.8, 4) is 0 Å². The van der Waals surface area contributed by atoms with E-state index in [9.17, 15) is 8.78 Å². The fourth-order valence-electron chi connectivity index (χ4n) is 1.44. The van der Waals surface area contributed by atoms with Crippen LogP contribution in [0, 0.1) is 18.6 Å². The average molecular weight is 304 g/mol. The number of aromatic nitrogens is 1. The van der Waals surface area contributed by atoms with Gasteiger partial charge in [-0.1, -0.05) is 23.2 Å². The molecule has 0 aliphatic heterocycles. The van der Waals surface area contributed by atoms with E-state index in [1.807, 2.05) is 0 Å². The van der Waals surface area contributed by atoms with Gasteiger partial charge in [0.1, 0.15) is 17.5 Å². The summed E-state index contributed by atoms with van der Waals surface area (Å²) in [6.07, 6.45) is 0. The molecule has 0 aliphatic rings. The molecule has 0 amide bonds. The number of pyridine rings is 1. The summed E-state index contributed by atoms with van der Waals surface area (Å²) in [7, 11) is 0. The highest BCUT2D eigenvalue weighted by molar-refractivity contribution is 6.37. The van der Waals surface area contributed by atoms with Gasteiger partial charge in [0.15, 0.2) is 5.82 Å². The van der Waals surface area contributed by atoms with E-state index in [4.69, 9.17) is 28.9 Å². The molecule has 0 saturated heterocycles. The summed E-state index contributed by atoms with van der Waals surface area (Å²) in [6.45, 7) is 1.47. The molecule has 2 aromatic rings. The van der Waals surface area contributed by atoms with Crippen LogP contribution in [0.15, 0.2) is 18.2 Å². The van der Waals surface area contributed by atoms with E-state index in [1.54, 1.807) is 0 Å². The molecule has 1 aromatic heterocycles. The number of anilines is 3. The molecule has 3 N–H and O–H groups in total. The van der Waals surface area contributed by atoms with Crippen molar-refractivity contribution in [1.82, 2.24) is 4.98 Å². The summed E-state index contributed by atoms with van der Waals surface area (Å²) in [5.74, 6) is -1.01. The Bertz CT molecular complexity index is 592. The van der Waals surface area contributed by atoms with Crippen molar-refractivity contribution < 1.29 is 8.78 Å². The Balaban J connectivity index is 2.42. The number of nitrogen functional groups attached to an aromatic ring is 1. The van der Waals surface area contributed by atoms with Gasteiger partial charge in [0.2, 0.25) is 0 Å². The Morgan fingerprint density at radius 2 is 1.79 bits per heavy atom. The van der Waals surface area contributed by atoms with Crippen molar-refractivity contribution in [3.05, 3.63) is 45.4 Å². The molecule has 0 bridgehead atoms. The van der Waals surface area contributed by atoms with Gasteiger partial charge in [-0.25, -0.2) is 13.8 Å². The van der Waals surface area contributed by atoms with E-state index in [2.05, 4.69) is 10.3 Å². The molecular weight excluding hydrogens is 295 g/mol. The molecular formula is C12H9Cl2F2N3. The summed E-state index contributed by atoms with van der Waals surface area (Å²) in [6, 6.07) is 3.47. The van der Waals surface area contributed by atoms with Crippen molar-refractivity contribution >= 4 is 40.5 Å². The lowest BCUT2D eigenvalue weighted by Gasteiger charge is -2.11. The van der Waals surface area contributed by atoms with Crippen molar-refractivity contribution in [2.24, 2.45) is 0 Å². The monoisotopic (exact) mass is 303 g/mol. The van der Waals surface area contributed by atoms with Gasteiger partial charge in [-0.3, -0.25) is 0 Å². The number of rotatable bonds is 2. The maximum atomic E-state index is 13.7. The van der Waals surface area contributed by atoms with Gasteiger partial charge in [0.05, 0.1) is 15.7 Å². The lowest BCUT2D eigenvalue weighted by atomic mass is 10.2. The average Bonchev–Trinajstić information content (AvgIpc) is 2.32. The normalized spacial score (nSPS) is 10.6. The molecule has 0 spiro atoms. The van der Waals surface area contributed by atoms with Gasteiger partial charge in [-0.05, 0) is 24.6 Å². The molecule has 0 radical (unpaired) electrons. The van der Waals surface area contributed by atoms with Crippen LogP contribution in [0.25, 0.3) is 0 Å². The first-order valence-electron chi connectivity index (χ1n) is 5.22. The molecule has 100 valence electrons. The molecule has 1 heterocycles. The van der Waals surface area contributed by atoms with Gasteiger partial charge < -0.3 is 11.1 Å². The largest absolute Gasteiger partial charge is 0.382 e. The number of hydrogen-bond acceptors (Lipinski definition) is 3. The third kappa shape index (κ3) is 2.88. The minimum atomic E-state index is -0.620. The number of halogens is 4. The standard InChI is InChI=1S/C12H9Cl2F2N3/c1-5-2-9(16)10(4-8(5)15)18-12-7(14)3-6(13)11(17)19-12/h2-4H,1H3,(H3,17,18,19). The number of nitrogens with two attached hydrogens (primary N) is 1. The third-order valence-electron chi connectivity index (χ3n) is 2.46. The molecule has 19 heavy (non-hydrogen) atoms. The van der Waals surface area contributed by atoms with E-state index < -0.39 is 11.6 Å². The predicted octanol–water partition coefficient (Wildman–Crippen LogP) is 4.30. The minimum absolute atomic E-state index is 0.0431. The van der Waals surface area contributed by atoms with Crippen molar-refractivity contribution in [1.29, 1.82) is 0 Å².